The zero-order chi connectivity index (χ0) is 14.0. The van der Waals surface area contributed by atoms with Crippen LogP contribution in [0.1, 0.15) is 26.4 Å². The Hall–Kier alpha value is -2.56. The van der Waals surface area contributed by atoms with Gasteiger partial charge in [-0.1, -0.05) is 12.1 Å². The molecule has 0 saturated carbocycles. The monoisotopic (exact) mass is 259 g/mol. The summed E-state index contributed by atoms with van der Waals surface area (Å²) in [7, 11) is 3.07. The predicted molar refractivity (Wildman–Crippen MR) is 68.8 cm³/mol. The molecule has 0 unspecified atom stereocenters. The van der Waals surface area contributed by atoms with Crippen molar-refractivity contribution in [2.24, 2.45) is 7.05 Å². The number of hydrogen-bond donors (Lipinski definition) is 1. The van der Waals surface area contributed by atoms with Crippen molar-refractivity contribution in [1.82, 2.24) is 4.57 Å². The van der Waals surface area contributed by atoms with Gasteiger partial charge in [-0.05, 0) is 18.2 Å². The number of carboxylic acid groups (broad SMARTS) is 1. The van der Waals surface area contributed by atoms with E-state index in [2.05, 4.69) is 0 Å². The molecule has 0 aliphatic heterocycles. The number of aryl methyl sites for hydroxylation is 1. The van der Waals surface area contributed by atoms with Crippen LogP contribution < -0.4 is 4.74 Å². The summed E-state index contributed by atoms with van der Waals surface area (Å²) in [6.07, 6.45) is 1.50. The second kappa shape index (κ2) is 4.97. The zero-order valence-electron chi connectivity index (χ0n) is 10.6. The summed E-state index contributed by atoms with van der Waals surface area (Å²) in [4.78, 5) is 23.3. The van der Waals surface area contributed by atoms with Gasteiger partial charge in [-0.15, -0.1) is 0 Å². The van der Waals surface area contributed by atoms with Crippen molar-refractivity contribution >= 4 is 11.8 Å². The first-order chi connectivity index (χ1) is 9.04. The molecule has 1 aromatic heterocycles. The molecular weight excluding hydrogens is 246 g/mol. The van der Waals surface area contributed by atoms with Gasteiger partial charge in [0.1, 0.15) is 11.4 Å². The average molecular weight is 259 g/mol. The highest BCUT2D eigenvalue weighted by molar-refractivity contribution is 6.11. The average Bonchev–Trinajstić information content (AvgIpc) is 2.80. The van der Waals surface area contributed by atoms with E-state index in [-0.39, 0.29) is 11.5 Å². The molecule has 5 nitrogen and oxygen atoms in total. The summed E-state index contributed by atoms with van der Waals surface area (Å²) in [5, 5.41) is 8.98. The summed E-state index contributed by atoms with van der Waals surface area (Å²) >= 11 is 0. The van der Waals surface area contributed by atoms with E-state index in [1.54, 1.807) is 31.3 Å². The molecule has 98 valence electrons. The molecule has 19 heavy (non-hydrogen) atoms. The highest BCUT2D eigenvalue weighted by atomic mass is 16.5. The van der Waals surface area contributed by atoms with Crippen molar-refractivity contribution in [2.45, 2.75) is 0 Å². The topological polar surface area (TPSA) is 68.5 Å². The fraction of sp³-hybridized carbons (Fsp3) is 0.143. The number of ether oxygens (including phenoxy) is 1. The Morgan fingerprint density at radius 2 is 1.95 bits per heavy atom. The van der Waals surface area contributed by atoms with Crippen molar-refractivity contribution in [2.75, 3.05) is 7.11 Å². The number of rotatable bonds is 4. The number of methoxy groups -OCH3 is 1. The van der Waals surface area contributed by atoms with E-state index in [4.69, 9.17) is 9.84 Å². The van der Waals surface area contributed by atoms with Crippen LogP contribution >= 0.6 is 0 Å². The van der Waals surface area contributed by atoms with E-state index in [1.165, 1.54) is 23.9 Å². The normalized spacial score (nSPS) is 10.2. The van der Waals surface area contributed by atoms with E-state index in [1.807, 2.05) is 0 Å². The lowest BCUT2D eigenvalue weighted by molar-refractivity contribution is 0.0686. The standard InChI is InChI=1S/C14H13NO4/c1-15-8-9(7-11(15)14(17)18)13(16)10-5-3-4-6-12(10)19-2/h3-8H,1-2H3,(H,17,18). The van der Waals surface area contributed by atoms with Gasteiger partial charge in [0, 0.05) is 18.8 Å². The molecule has 0 atom stereocenters. The van der Waals surface area contributed by atoms with Gasteiger partial charge < -0.3 is 14.4 Å². The molecule has 1 aromatic carbocycles. The van der Waals surface area contributed by atoms with Crippen LogP contribution in [0.5, 0.6) is 5.75 Å². The van der Waals surface area contributed by atoms with Gasteiger partial charge in [-0.3, -0.25) is 4.79 Å². The Morgan fingerprint density at radius 1 is 1.26 bits per heavy atom. The summed E-state index contributed by atoms with van der Waals surface area (Å²) < 4.78 is 6.54. The number of ketones is 1. The molecule has 0 radical (unpaired) electrons. The lowest BCUT2D eigenvalue weighted by Gasteiger charge is -2.05. The van der Waals surface area contributed by atoms with E-state index in [0.29, 0.717) is 16.9 Å². The Labute approximate surface area is 110 Å². The highest BCUT2D eigenvalue weighted by Gasteiger charge is 2.18. The summed E-state index contributed by atoms with van der Waals surface area (Å²) in [5.41, 5.74) is 0.801. The van der Waals surface area contributed by atoms with Crippen LogP contribution in [0.3, 0.4) is 0 Å². The Kier molecular flexibility index (Phi) is 3.37. The van der Waals surface area contributed by atoms with Gasteiger partial charge in [0.05, 0.1) is 12.7 Å². The van der Waals surface area contributed by atoms with Crippen molar-refractivity contribution < 1.29 is 19.4 Å². The van der Waals surface area contributed by atoms with Gasteiger partial charge >= 0.3 is 5.97 Å². The number of carbonyl (C=O) groups excluding carboxylic acids is 1. The molecule has 5 heteroatoms. The number of aromatic nitrogens is 1. The molecule has 0 bridgehead atoms. The van der Waals surface area contributed by atoms with E-state index < -0.39 is 5.97 Å². The molecule has 0 amide bonds. The lowest BCUT2D eigenvalue weighted by atomic mass is 10.0. The Morgan fingerprint density at radius 3 is 2.53 bits per heavy atom. The number of aromatic carboxylic acids is 1. The van der Waals surface area contributed by atoms with E-state index in [0.717, 1.165) is 0 Å². The molecular formula is C14H13NO4. The minimum absolute atomic E-state index is 0.0678. The second-order valence-corrected chi connectivity index (χ2v) is 4.06. The first kappa shape index (κ1) is 12.9. The second-order valence-electron chi connectivity index (χ2n) is 4.06. The maximum atomic E-state index is 12.3. The number of benzene rings is 1. The first-order valence-electron chi connectivity index (χ1n) is 5.62. The number of hydrogen-bond acceptors (Lipinski definition) is 3. The van der Waals surface area contributed by atoms with Gasteiger partial charge in [-0.25, -0.2) is 4.79 Å². The third-order valence-electron chi connectivity index (χ3n) is 2.84. The van der Waals surface area contributed by atoms with E-state index in [9.17, 15) is 9.59 Å². The SMILES string of the molecule is COc1ccccc1C(=O)c1cc(C(=O)O)n(C)c1. The summed E-state index contributed by atoms with van der Waals surface area (Å²) in [5.74, 6) is -0.865. The molecule has 0 aliphatic rings. The van der Waals surface area contributed by atoms with Gasteiger partial charge in [0.25, 0.3) is 0 Å². The zero-order valence-corrected chi connectivity index (χ0v) is 10.6. The van der Waals surface area contributed by atoms with Crippen molar-refractivity contribution in [3.63, 3.8) is 0 Å². The Balaban J connectivity index is 2.44. The number of carbonyl (C=O) groups is 2. The molecule has 2 rings (SSSR count). The van der Waals surface area contributed by atoms with Crippen molar-refractivity contribution in [3.05, 3.63) is 53.3 Å². The van der Waals surface area contributed by atoms with Gasteiger partial charge in [-0.2, -0.15) is 0 Å². The lowest BCUT2D eigenvalue weighted by Crippen LogP contribution is -2.02. The van der Waals surface area contributed by atoms with E-state index >= 15 is 0 Å². The predicted octanol–water partition coefficient (Wildman–Crippen LogP) is 1.96. The van der Waals surface area contributed by atoms with Crippen molar-refractivity contribution in [3.8, 4) is 5.75 Å². The van der Waals surface area contributed by atoms with Crippen LogP contribution in [0.25, 0.3) is 0 Å². The molecule has 1 N–H and O–H groups in total. The third kappa shape index (κ3) is 2.35. The fourth-order valence-electron chi connectivity index (χ4n) is 1.89. The minimum atomic E-state index is -1.07. The van der Waals surface area contributed by atoms with Crippen LogP contribution in [0.2, 0.25) is 0 Å². The first-order valence-corrected chi connectivity index (χ1v) is 5.62. The number of nitrogens with zero attached hydrogens (tertiary/aromatic N) is 1. The van der Waals surface area contributed by atoms with Crippen LogP contribution in [0.4, 0.5) is 0 Å². The van der Waals surface area contributed by atoms with Gasteiger partial charge in [0.2, 0.25) is 0 Å². The number of para-hydroxylation sites is 1. The summed E-state index contributed by atoms with van der Waals surface area (Å²) in [6.45, 7) is 0. The molecule has 1 heterocycles. The van der Waals surface area contributed by atoms with Gasteiger partial charge in [0.15, 0.2) is 5.78 Å². The maximum Gasteiger partial charge on any atom is 0.352 e. The van der Waals surface area contributed by atoms with Crippen LogP contribution in [0.15, 0.2) is 36.5 Å². The fourth-order valence-corrected chi connectivity index (χ4v) is 1.89. The molecule has 0 fully saturated rings. The number of carboxylic acids is 1. The largest absolute Gasteiger partial charge is 0.496 e. The molecule has 2 aromatic rings. The molecule has 0 saturated heterocycles. The Bertz CT molecular complexity index is 643. The smallest absolute Gasteiger partial charge is 0.352 e. The quantitative estimate of drug-likeness (QED) is 0.852. The highest BCUT2D eigenvalue weighted by Crippen LogP contribution is 2.22. The van der Waals surface area contributed by atoms with Crippen LogP contribution in [-0.4, -0.2) is 28.5 Å². The molecule has 0 spiro atoms. The third-order valence-corrected chi connectivity index (χ3v) is 2.84. The minimum Gasteiger partial charge on any atom is -0.496 e. The van der Waals surface area contributed by atoms with Crippen LogP contribution in [-0.2, 0) is 7.05 Å². The van der Waals surface area contributed by atoms with Crippen molar-refractivity contribution in [1.29, 1.82) is 0 Å². The maximum absolute atomic E-state index is 12.3. The van der Waals surface area contributed by atoms with Crippen LogP contribution in [0, 0.1) is 0 Å². The molecule has 0 aliphatic carbocycles. The summed E-state index contributed by atoms with van der Waals surface area (Å²) in [6, 6.07) is 8.19.